The van der Waals surface area contributed by atoms with E-state index in [4.69, 9.17) is 0 Å². The van der Waals surface area contributed by atoms with Crippen LogP contribution in [-0.2, 0) is 17.1 Å². The largest absolute Gasteiger partial charge is 0.412 e. The molecule has 0 aromatic rings. The summed E-state index contributed by atoms with van der Waals surface area (Å²) in [5.41, 5.74) is 0. The van der Waals surface area contributed by atoms with E-state index >= 15 is 0 Å². The maximum Gasteiger partial charge on any atom is 0 e. The Morgan fingerprint density at radius 3 is 0.375 bits per heavy atom. The monoisotopic (exact) mass is 207 g/mol. The summed E-state index contributed by atoms with van der Waals surface area (Å²) in [5.74, 6) is 0. The summed E-state index contributed by atoms with van der Waals surface area (Å²) in [4.78, 5) is 0. The maximum atomic E-state index is 0. The first-order chi connectivity index (χ1) is 0. The third kappa shape index (κ3) is 628. The summed E-state index contributed by atoms with van der Waals surface area (Å²) in [6, 6.07) is 0. The summed E-state index contributed by atoms with van der Waals surface area (Å²) in [6.07, 6.45) is 0. The number of rotatable bonds is 0. The van der Waals surface area contributed by atoms with Gasteiger partial charge in [0, 0.05) is 17.1 Å². The van der Waals surface area contributed by atoms with Gasteiger partial charge in [-0.1, -0.05) is 0 Å². The molecule has 0 atom stereocenters. The molecular weight excluding hydrogens is 195 g/mol. The predicted molar refractivity (Wildman–Crippen MR) is 28.9 cm³/mol. The SMILES string of the molecule is Cl.O.O.O.O.O.O.[Cu]. The molecule has 0 saturated heterocycles. The van der Waals surface area contributed by atoms with Gasteiger partial charge in [0.05, 0.1) is 0 Å². The van der Waals surface area contributed by atoms with Crippen LogP contribution in [0.4, 0.5) is 0 Å². The molecule has 67 valence electrons. The molecule has 0 fully saturated rings. The Bertz CT molecular complexity index is 8.49. The van der Waals surface area contributed by atoms with Crippen molar-refractivity contribution in [1.82, 2.24) is 0 Å². The Labute approximate surface area is 63.0 Å². The van der Waals surface area contributed by atoms with Gasteiger partial charge in [-0.25, -0.2) is 0 Å². The average molecular weight is 208 g/mol. The van der Waals surface area contributed by atoms with E-state index < -0.39 is 0 Å². The molecule has 0 unspecified atom stereocenters. The first-order valence-electron chi connectivity index (χ1n) is 0. The third-order valence-electron chi connectivity index (χ3n) is 0. The van der Waals surface area contributed by atoms with Gasteiger partial charge < -0.3 is 32.9 Å². The van der Waals surface area contributed by atoms with Crippen molar-refractivity contribution in [1.29, 1.82) is 0 Å². The fourth-order valence-corrected chi connectivity index (χ4v) is 0. The molecule has 0 aromatic heterocycles. The minimum atomic E-state index is 0. The molecule has 0 aliphatic rings. The standard InChI is InChI=1S/ClH.Cu.6H2O/h1H;;6*1H2. The molecule has 8 heteroatoms. The van der Waals surface area contributed by atoms with Crippen LogP contribution < -0.4 is 0 Å². The van der Waals surface area contributed by atoms with Gasteiger partial charge in [-0.3, -0.25) is 0 Å². The zero-order valence-electron chi connectivity index (χ0n) is 3.71. The molecular formula is H13ClCuO6. The molecule has 12 N–H and O–H groups in total. The van der Waals surface area contributed by atoms with Gasteiger partial charge in [0.2, 0.25) is 0 Å². The van der Waals surface area contributed by atoms with Gasteiger partial charge in [-0.05, 0) is 0 Å². The summed E-state index contributed by atoms with van der Waals surface area (Å²) >= 11 is 0. The topological polar surface area (TPSA) is 189 Å². The Hall–Kier alpha value is 0.569. The molecule has 0 amide bonds. The second-order valence-corrected chi connectivity index (χ2v) is 0. The van der Waals surface area contributed by atoms with Crippen molar-refractivity contribution < 1.29 is 49.9 Å². The van der Waals surface area contributed by atoms with Crippen molar-refractivity contribution in [2.24, 2.45) is 0 Å². The molecule has 0 aliphatic carbocycles. The van der Waals surface area contributed by atoms with E-state index in [1.807, 2.05) is 0 Å². The summed E-state index contributed by atoms with van der Waals surface area (Å²) in [5, 5.41) is 0. The van der Waals surface area contributed by atoms with Crippen molar-refractivity contribution in [3.63, 3.8) is 0 Å². The third-order valence-corrected chi connectivity index (χ3v) is 0. The van der Waals surface area contributed by atoms with Crippen LogP contribution in [0, 0.1) is 0 Å². The smallest absolute Gasteiger partial charge is 0 e. The Balaban J connectivity index is 0. The molecule has 1 radical (unpaired) electrons. The van der Waals surface area contributed by atoms with Crippen LogP contribution in [0.2, 0.25) is 0 Å². The zero-order valence-corrected chi connectivity index (χ0v) is 5.47. The van der Waals surface area contributed by atoms with Crippen molar-refractivity contribution in [2.75, 3.05) is 0 Å². The van der Waals surface area contributed by atoms with E-state index in [0.29, 0.717) is 0 Å². The molecule has 0 spiro atoms. The van der Waals surface area contributed by atoms with E-state index in [1.165, 1.54) is 0 Å². The summed E-state index contributed by atoms with van der Waals surface area (Å²) in [6.45, 7) is 0. The fraction of sp³-hybridized carbons (Fsp3) is 0. The predicted octanol–water partition coefficient (Wildman–Crippen LogP) is -4.53. The van der Waals surface area contributed by atoms with Gasteiger partial charge in [-0.15, -0.1) is 12.4 Å². The normalized spacial score (nSPS) is 0. The van der Waals surface area contributed by atoms with Crippen LogP contribution in [0.3, 0.4) is 0 Å². The van der Waals surface area contributed by atoms with Crippen LogP contribution in [0.1, 0.15) is 0 Å². The van der Waals surface area contributed by atoms with Gasteiger partial charge in [0.25, 0.3) is 0 Å². The van der Waals surface area contributed by atoms with Gasteiger partial charge in [-0.2, -0.15) is 0 Å². The van der Waals surface area contributed by atoms with E-state index in [1.54, 1.807) is 0 Å². The van der Waals surface area contributed by atoms with Crippen LogP contribution in [0.25, 0.3) is 0 Å². The molecule has 0 saturated carbocycles. The number of halogens is 1. The van der Waals surface area contributed by atoms with Crippen LogP contribution in [0.15, 0.2) is 0 Å². The van der Waals surface area contributed by atoms with E-state index in [9.17, 15) is 0 Å². The van der Waals surface area contributed by atoms with Crippen molar-refractivity contribution >= 4 is 12.4 Å². The Morgan fingerprint density at radius 1 is 0.375 bits per heavy atom. The van der Waals surface area contributed by atoms with Crippen molar-refractivity contribution in [3.05, 3.63) is 0 Å². The first kappa shape index (κ1) is 1510. The van der Waals surface area contributed by atoms with Gasteiger partial charge in [0.1, 0.15) is 0 Å². The molecule has 6 nitrogen and oxygen atoms in total. The van der Waals surface area contributed by atoms with Gasteiger partial charge in [0.15, 0.2) is 0 Å². The number of hydrogen-bond acceptors (Lipinski definition) is 0. The second kappa shape index (κ2) is 1010. The van der Waals surface area contributed by atoms with Crippen LogP contribution in [-0.4, -0.2) is 32.9 Å². The second-order valence-electron chi connectivity index (χ2n) is 0. The van der Waals surface area contributed by atoms with Gasteiger partial charge >= 0.3 is 0 Å². The van der Waals surface area contributed by atoms with E-state index in [0.717, 1.165) is 0 Å². The maximum absolute atomic E-state index is 0. The molecule has 0 rings (SSSR count). The fourth-order valence-electron chi connectivity index (χ4n) is 0. The van der Waals surface area contributed by atoms with E-state index in [2.05, 4.69) is 0 Å². The molecule has 0 aromatic carbocycles. The molecule has 0 bridgehead atoms. The van der Waals surface area contributed by atoms with Crippen LogP contribution in [0.5, 0.6) is 0 Å². The molecule has 8 heavy (non-hydrogen) atoms. The van der Waals surface area contributed by atoms with Crippen LogP contribution >= 0.6 is 12.4 Å². The quantitative estimate of drug-likeness (QED) is 0.347. The first-order valence-corrected chi connectivity index (χ1v) is 0. The summed E-state index contributed by atoms with van der Waals surface area (Å²) < 4.78 is 0. The molecule has 0 heterocycles. The Kier molecular flexibility index (Phi) is 191000. The Morgan fingerprint density at radius 2 is 0.375 bits per heavy atom. The van der Waals surface area contributed by atoms with E-state index in [-0.39, 0.29) is 62.3 Å². The molecule has 0 aliphatic heterocycles. The van der Waals surface area contributed by atoms with Crippen molar-refractivity contribution in [2.45, 2.75) is 0 Å². The zero-order chi connectivity index (χ0) is 0. The number of hydrogen-bond donors (Lipinski definition) is 0. The minimum absolute atomic E-state index is 0. The summed E-state index contributed by atoms with van der Waals surface area (Å²) in [7, 11) is 0. The average Bonchev–Trinajstić information content (AvgIpc) is 0. The van der Waals surface area contributed by atoms with Crippen molar-refractivity contribution in [3.8, 4) is 0 Å². The minimum Gasteiger partial charge on any atom is -0.412 e.